The number of hydrogen-bond donors (Lipinski definition) is 1. The average molecular weight is 394 g/mol. The van der Waals surface area contributed by atoms with Crippen LogP contribution in [0.3, 0.4) is 0 Å². The van der Waals surface area contributed by atoms with E-state index in [-0.39, 0.29) is 5.91 Å². The van der Waals surface area contributed by atoms with Gasteiger partial charge in [-0.3, -0.25) is 4.79 Å². The van der Waals surface area contributed by atoms with Crippen LogP contribution in [0.5, 0.6) is 5.75 Å². The van der Waals surface area contributed by atoms with Gasteiger partial charge in [-0.15, -0.1) is 0 Å². The summed E-state index contributed by atoms with van der Waals surface area (Å²) in [6, 6.07) is 16.6. The zero-order valence-electron chi connectivity index (χ0n) is 17.6. The molecule has 1 N–H and O–H groups in total. The van der Waals surface area contributed by atoms with E-state index in [0.717, 1.165) is 48.4 Å². The topological polar surface area (TPSA) is 56.2 Å². The number of carbonyl (C=O) groups excluding carboxylic acids is 1. The van der Waals surface area contributed by atoms with Gasteiger partial charge in [0, 0.05) is 26.4 Å². The van der Waals surface area contributed by atoms with E-state index in [9.17, 15) is 4.79 Å². The molecular formula is C24H31N3O2. The monoisotopic (exact) mass is 393 g/mol. The molecular weight excluding hydrogens is 362 g/mol. The van der Waals surface area contributed by atoms with E-state index in [0.29, 0.717) is 19.1 Å². The molecule has 0 spiro atoms. The summed E-state index contributed by atoms with van der Waals surface area (Å²) >= 11 is 0. The summed E-state index contributed by atoms with van der Waals surface area (Å²) in [5.41, 5.74) is 3.50. The van der Waals surface area contributed by atoms with Crippen LogP contribution in [0.1, 0.15) is 50.9 Å². The first-order chi connectivity index (χ1) is 14.0. The highest BCUT2D eigenvalue weighted by atomic mass is 16.5. The van der Waals surface area contributed by atoms with Crippen LogP contribution in [0.25, 0.3) is 11.0 Å². The molecule has 0 unspecified atom stereocenters. The predicted molar refractivity (Wildman–Crippen MR) is 117 cm³/mol. The minimum Gasteiger partial charge on any atom is -0.494 e. The third kappa shape index (κ3) is 5.83. The van der Waals surface area contributed by atoms with Crippen LogP contribution in [0, 0.1) is 0 Å². The second-order valence-electron chi connectivity index (χ2n) is 7.68. The highest BCUT2D eigenvalue weighted by molar-refractivity contribution is 5.76. The summed E-state index contributed by atoms with van der Waals surface area (Å²) in [7, 11) is 0. The number of amides is 1. The van der Waals surface area contributed by atoms with Crippen molar-refractivity contribution in [1.29, 1.82) is 0 Å². The average Bonchev–Trinajstić information content (AvgIpc) is 3.06. The fourth-order valence-electron chi connectivity index (χ4n) is 3.44. The van der Waals surface area contributed by atoms with Crippen LogP contribution in [0.15, 0.2) is 48.5 Å². The van der Waals surface area contributed by atoms with E-state index in [1.807, 2.05) is 12.1 Å². The van der Waals surface area contributed by atoms with Crippen molar-refractivity contribution in [2.75, 3.05) is 13.2 Å². The molecule has 1 heterocycles. The highest BCUT2D eigenvalue weighted by Crippen LogP contribution is 2.20. The Morgan fingerprint density at radius 3 is 2.59 bits per heavy atom. The highest BCUT2D eigenvalue weighted by Gasteiger charge is 2.10. The fourth-order valence-corrected chi connectivity index (χ4v) is 3.44. The lowest BCUT2D eigenvalue weighted by atomic mass is 10.0. The van der Waals surface area contributed by atoms with Crippen molar-refractivity contribution in [3.8, 4) is 5.75 Å². The number of hydrogen-bond acceptors (Lipinski definition) is 3. The molecule has 0 bridgehead atoms. The van der Waals surface area contributed by atoms with Crippen LogP contribution in [0.4, 0.5) is 0 Å². The van der Waals surface area contributed by atoms with Crippen LogP contribution in [0.2, 0.25) is 0 Å². The molecule has 0 saturated carbocycles. The summed E-state index contributed by atoms with van der Waals surface area (Å²) in [6.07, 6.45) is 2.62. The SMILES string of the molecule is CC(=O)NCCCc1nc2ccccc2n1CCCOc1ccc(C(C)C)cc1. The maximum atomic E-state index is 11.1. The Bertz CT molecular complexity index is 929. The van der Waals surface area contributed by atoms with E-state index in [4.69, 9.17) is 9.72 Å². The molecule has 2 aromatic carbocycles. The quantitative estimate of drug-likeness (QED) is 0.508. The van der Waals surface area contributed by atoms with Crippen LogP contribution in [-0.4, -0.2) is 28.6 Å². The molecule has 0 aliphatic heterocycles. The molecule has 1 amide bonds. The number of ether oxygens (including phenoxy) is 1. The molecule has 29 heavy (non-hydrogen) atoms. The summed E-state index contributed by atoms with van der Waals surface area (Å²) in [4.78, 5) is 15.9. The maximum Gasteiger partial charge on any atom is 0.216 e. The van der Waals surface area contributed by atoms with Gasteiger partial charge in [0.2, 0.25) is 5.91 Å². The van der Waals surface area contributed by atoms with Gasteiger partial charge >= 0.3 is 0 Å². The maximum absolute atomic E-state index is 11.1. The molecule has 0 aliphatic carbocycles. The van der Waals surface area contributed by atoms with E-state index < -0.39 is 0 Å². The third-order valence-corrected chi connectivity index (χ3v) is 5.03. The van der Waals surface area contributed by atoms with Gasteiger partial charge in [-0.1, -0.05) is 38.1 Å². The molecule has 0 radical (unpaired) electrons. The zero-order chi connectivity index (χ0) is 20.6. The molecule has 1 aromatic heterocycles. The Morgan fingerprint density at radius 2 is 1.86 bits per heavy atom. The molecule has 3 rings (SSSR count). The molecule has 3 aromatic rings. The van der Waals surface area contributed by atoms with Gasteiger partial charge in [0.1, 0.15) is 11.6 Å². The molecule has 5 heteroatoms. The minimum absolute atomic E-state index is 0.0112. The van der Waals surface area contributed by atoms with Crippen molar-refractivity contribution in [3.63, 3.8) is 0 Å². The number of fused-ring (bicyclic) bond motifs is 1. The molecule has 154 valence electrons. The molecule has 0 atom stereocenters. The number of aryl methyl sites for hydroxylation is 2. The van der Waals surface area contributed by atoms with E-state index in [1.54, 1.807) is 6.92 Å². The number of nitrogens with zero attached hydrogens (tertiary/aromatic N) is 2. The van der Waals surface area contributed by atoms with Crippen molar-refractivity contribution in [2.24, 2.45) is 0 Å². The van der Waals surface area contributed by atoms with E-state index in [2.05, 4.69) is 60.1 Å². The van der Waals surface area contributed by atoms with Gasteiger partial charge in [0.15, 0.2) is 0 Å². The van der Waals surface area contributed by atoms with Crippen LogP contribution in [-0.2, 0) is 17.8 Å². The minimum atomic E-state index is 0.0112. The smallest absolute Gasteiger partial charge is 0.216 e. The van der Waals surface area contributed by atoms with Gasteiger partial charge in [-0.25, -0.2) is 4.98 Å². The Labute approximate surface area is 173 Å². The Morgan fingerprint density at radius 1 is 1.10 bits per heavy atom. The number of rotatable bonds is 10. The first-order valence-electron chi connectivity index (χ1n) is 10.5. The predicted octanol–water partition coefficient (Wildman–Crippen LogP) is 4.70. The van der Waals surface area contributed by atoms with Crippen molar-refractivity contribution >= 4 is 16.9 Å². The van der Waals surface area contributed by atoms with Crippen molar-refractivity contribution < 1.29 is 9.53 Å². The lowest BCUT2D eigenvalue weighted by molar-refractivity contribution is -0.118. The third-order valence-electron chi connectivity index (χ3n) is 5.03. The zero-order valence-corrected chi connectivity index (χ0v) is 17.6. The molecule has 5 nitrogen and oxygen atoms in total. The van der Waals surface area contributed by atoms with Crippen molar-refractivity contribution in [3.05, 3.63) is 59.9 Å². The van der Waals surface area contributed by atoms with Gasteiger partial charge in [0.05, 0.1) is 17.6 Å². The van der Waals surface area contributed by atoms with Crippen LogP contribution < -0.4 is 10.1 Å². The lowest BCUT2D eigenvalue weighted by Crippen LogP contribution is -2.21. The number of imidazole rings is 1. The number of carbonyl (C=O) groups is 1. The Kier molecular flexibility index (Phi) is 7.28. The first-order valence-corrected chi connectivity index (χ1v) is 10.5. The lowest BCUT2D eigenvalue weighted by Gasteiger charge is -2.11. The second kappa shape index (κ2) is 10.1. The molecule has 0 fully saturated rings. The normalized spacial score (nSPS) is 11.2. The van der Waals surface area contributed by atoms with Crippen molar-refractivity contribution in [2.45, 2.75) is 52.5 Å². The number of aromatic nitrogens is 2. The summed E-state index contributed by atoms with van der Waals surface area (Å²) in [5.74, 6) is 2.53. The van der Waals surface area contributed by atoms with Crippen LogP contribution >= 0.6 is 0 Å². The Hall–Kier alpha value is -2.82. The summed E-state index contributed by atoms with van der Waals surface area (Å²) in [6.45, 7) is 8.14. The molecule has 0 aliphatic rings. The first kappa shape index (κ1) is 20.9. The van der Waals surface area contributed by atoms with Crippen molar-refractivity contribution in [1.82, 2.24) is 14.9 Å². The van der Waals surface area contributed by atoms with E-state index in [1.165, 1.54) is 5.56 Å². The van der Waals surface area contributed by atoms with E-state index >= 15 is 0 Å². The standard InChI is InChI=1S/C24H31N3O2/c1-18(2)20-11-13-21(14-12-20)29-17-7-16-27-23-9-5-4-8-22(23)26-24(27)10-6-15-25-19(3)28/h4-5,8-9,11-14,18H,6-7,10,15-17H2,1-3H3,(H,25,28). The van der Waals surface area contributed by atoms with Gasteiger partial charge in [-0.2, -0.15) is 0 Å². The molecule has 0 saturated heterocycles. The summed E-state index contributed by atoms with van der Waals surface area (Å²) < 4.78 is 8.22. The Balaban J connectivity index is 1.58. The van der Waals surface area contributed by atoms with Gasteiger partial charge in [-0.05, 0) is 48.6 Å². The van der Waals surface area contributed by atoms with Gasteiger partial charge < -0.3 is 14.6 Å². The summed E-state index contributed by atoms with van der Waals surface area (Å²) in [5, 5.41) is 2.85. The number of nitrogens with one attached hydrogen (secondary N) is 1. The largest absolute Gasteiger partial charge is 0.494 e. The second-order valence-corrected chi connectivity index (χ2v) is 7.68. The number of benzene rings is 2. The number of para-hydroxylation sites is 2. The van der Waals surface area contributed by atoms with Gasteiger partial charge in [0.25, 0.3) is 0 Å². The fraction of sp³-hybridized carbons (Fsp3) is 0.417.